The average Bonchev–Trinajstić information content (AvgIpc) is 2.67. The lowest BCUT2D eigenvalue weighted by atomic mass is 10.2. The van der Waals surface area contributed by atoms with E-state index in [-0.39, 0.29) is 5.69 Å². The van der Waals surface area contributed by atoms with Crippen molar-refractivity contribution in [2.45, 2.75) is 0 Å². The molecule has 6 heteroatoms. The summed E-state index contributed by atoms with van der Waals surface area (Å²) < 4.78 is 5.62. The summed E-state index contributed by atoms with van der Waals surface area (Å²) in [7, 11) is 0. The van der Waals surface area contributed by atoms with E-state index < -0.39 is 5.97 Å². The molecule has 0 radical (unpaired) electrons. The van der Waals surface area contributed by atoms with E-state index in [0.717, 1.165) is 4.47 Å². The van der Waals surface area contributed by atoms with E-state index >= 15 is 0 Å². The Bertz CT molecular complexity index is 510. The van der Waals surface area contributed by atoms with Crippen molar-refractivity contribution in [2.24, 2.45) is 0 Å². The van der Waals surface area contributed by atoms with Crippen LogP contribution >= 0.6 is 15.9 Å². The molecule has 2 aromatic heterocycles. The van der Waals surface area contributed by atoms with Crippen LogP contribution in [-0.4, -0.2) is 21.2 Å². The first-order valence-electron chi connectivity index (χ1n) is 3.98. The third-order valence-corrected chi connectivity index (χ3v) is 2.40. The SMILES string of the molecule is O=C(O)c1cc(-c2ccncc2Br)on1. The van der Waals surface area contributed by atoms with Crippen LogP contribution < -0.4 is 0 Å². The number of hydrogen-bond donors (Lipinski definition) is 1. The van der Waals surface area contributed by atoms with Crippen molar-refractivity contribution in [3.8, 4) is 11.3 Å². The molecule has 0 spiro atoms. The van der Waals surface area contributed by atoms with Crippen molar-refractivity contribution in [2.75, 3.05) is 0 Å². The minimum absolute atomic E-state index is 0.117. The third-order valence-electron chi connectivity index (χ3n) is 1.77. The van der Waals surface area contributed by atoms with Crippen LogP contribution in [0.1, 0.15) is 10.5 Å². The molecule has 15 heavy (non-hydrogen) atoms. The zero-order chi connectivity index (χ0) is 10.8. The van der Waals surface area contributed by atoms with Gasteiger partial charge < -0.3 is 9.63 Å². The number of carboxylic acid groups (broad SMARTS) is 1. The van der Waals surface area contributed by atoms with Gasteiger partial charge in [-0.3, -0.25) is 4.98 Å². The molecule has 5 nitrogen and oxygen atoms in total. The van der Waals surface area contributed by atoms with Crippen LogP contribution in [-0.2, 0) is 0 Å². The summed E-state index contributed by atoms with van der Waals surface area (Å²) in [6.07, 6.45) is 3.18. The molecule has 2 aromatic rings. The second-order valence-electron chi connectivity index (χ2n) is 2.74. The van der Waals surface area contributed by atoms with Gasteiger partial charge in [-0.2, -0.15) is 0 Å². The Morgan fingerprint density at radius 3 is 2.93 bits per heavy atom. The van der Waals surface area contributed by atoms with Gasteiger partial charge >= 0.3 is 5.97 Å². The fourth-order valence-electron chi connectivity index (χ4n) is 1.08. The predicted octanol–water partition coefficient (Wildman–Crippen LogP) is 2.20. The summed E-state index contributed by atoms with van der Waals surface area (Å²) in [6, 6.07) is 3.07. The summed E-state index contributed by atoms with van der Waals surface area (Å²) in [6.45, 7) is 0. The summed E-state index contributed by atoms with van der Waals surface area (Å²) >= 11 is 3.28. The molecule has 1 N–H and O–H groups in total. The number of rotatable bonds is 2. The van der Waals surface area contributed by atoms with E-state index in [1.807, 2.05) is 0 Å². The van der Waals surface area contributed by atoms with Crippen molar-refractivity contribution in [3.63, 3.8) is 0 Å². The number of carbonyl (C=O) groups is 1. The number of carboxylic acids is 1. The quantitative estimate of drug-likeness (QED) is 0.904. The van der Waals surface area contributed by atoms with Gasteiger partial charge in [-0.15, -0.1) is 0 Å². The van der Waals surface area contributed by atoms with Crippen molar-refractivity contribution in [3.05, 3.63) is 34.7 Å². The van der Waals surface area contributed by atoms with Crippen LogP contribution in [0.25, 0.3) is 11.3 Å². The van der Waals surface area contributed by atoms with Crippen LogP contribution in [0.5, 0.6) is 0 Å². The van der Waals surface area contributed by atoms with E-state index in [9.17, 15) is 4.79 Å². The maximum Gasteiger partial charge on any atom is 0.358 e. The summed E-state index contributed by atoms with van der Waals surface area (Å²) in [5.41, 5.74) is 0.596. The third kappa shape index (κ3) is 1.89. The molecule has 0 aliphatic heterocycles. The molecule has 2 rings (SSSR count). The van der Waals surface area contributed by atoms with Gasteiger partial charge in [0.1, 0.15) is 0 Å². The molecule has 0 amide bonds. The highest BCUT2D eigenvalue weighted by molar-refractivity contribution is 9.10. The van der Waals surface area contributed by atoms with Gasteiger partial charge in [0.25, 0.3) is 0 Å². The number of aromatic carboxylic acids is 1. The Labute approximate surface area is 92.9 Å². The second-order valence-corrected chi connectivity index (χ2v) is 3.59. The first-order valence-corrected chi connectivity index (χ1v) is 4.77. The molecule has 0 saturated carbocycles. The predicted molar refractivity (Wildman–Crippen MR) is 54.4 cm³/mol. The van der Waals surface area contributed by atoms with Gasteiger partial charge in [0, 0.05) is 28.5 Å². The van der Waals surface area contributed by atoms with E-state index in [0.29, 0.717) is 11.3 Å². The zero-order valence-electron chi connectivity index (χ0n) is 7.35. The monoisotopic (exact) mass is 268 g/mol. The van der Waals surface area contributed by atoms with Gasteiger partial charge in [-0.05, 0) is 22.0 Å². The number of halogens is 1. The molecule has 0 aliphatic carbocycles. The van der Waals surface area contributed by atoms with Crippen LogP contribution in [0.3, 0.4) is 0 Å². The number of hydrogen-bond acceptors (Lipinski definition) is 4. The molecular formula is C9H5BrN2O3. The minimum atomic E-state index is -1.12. The van der Waals surface area contributed by atoms with Crippen molar-refractivity contribution >= 4 is 21.9 Å². The smallest absolute Gasteiger partial charge is 0.358 e. The van der Waals surface area contributed by atoms with Crippen LogP contribution in [0.2, 0.25) is 0 Å². The van der Waals surface area contributed by atoms with Crippen LogP contribution in [0.15, 0.2) is 33.5 Å². The summed E-state index contributed by atoms with van der Waals surface area (Å²) in [5.74, 6) is -0.725. The Balaban J connectivity index is 2.46. The molecular weight excluding hydrogens is 264 g/mol. The minimum Gasteiger partial charge on any atom is -0.476 e. The molecule has 0 fully saturated rings. The van der Waals surface area contributed by atoms with Crippen LogP contribution in [0, 0.1) is 0 Å². The Morgan fingerprint density at radius 2 is 2.33 bits per heavy atom. The standard InChI is InChI=1S/C9H5BrN2O3/c10-6-4-11-2-1-5(6)8-3-7(9(13)14)12-15-8/h1-4H,(H,13,14). The van der Waals surface area contributed by atoms with Crippen molar-refractivity contribution in [1.82, 2.24) is 10.1 Å². The van der Waals surface area contributed by atoms with E-state index in [4.69, 9.17) is 9.63 Å². The second kappa shape index (κ2) is 3.82. The highest BCUT2D eigenvalue weighted by Crippen LogP contribution is 2.27. The highest BCUT2D eigenvalue weighted by atomic mass is 79.9. The molecule has 0 saturated heterocycles. The molecule has 0 aromatic carbocycles. The first-order chi connectivity index (χ1) is 7.18. The van der Waals surface area contributed by atoms with Gasteiger partial charge in [0.2, 0.25) is 0 Å². The summed E-state index contributed by atoms with van der Waals surface area (Å²) in [4.78, 5) is 14.5. The fourth-order valence-corrected chi connectivity index (χ4v) is 1.52. The first kappa shape index (κ1) is 9.85. The van der Waals surface area contributed by atoms with Gasteiger partial charge in [0.15, 0.2) is 11.5 Å². The molecule has 0 atom stereocenters. The lowest BCUT2D eigenvalue weighted by Gasteiger charge is -1.96. The zero-order valence-corrected chi connectivity index (χ0v) is 8.93. The number of nitrogens with zero attached hydrogens (tertiary/aromatic N) is 2. The maximum absolute atomic E-state index is 10.6. The normalized spacial score (nSPS) is 10.2. The Kier molecular flexibility index (Phi) is 2.51. The lowest BCUT2D eigenvalue weighted by molar-refractivity contribution is 0.0686. The van der Waals surface area contributed by atoms with Crippen molar-refractivity contribution in [1.29, 1.82) is 0 Å². The van der Waals surface area contributed by atoms with E-state index in [1.54, 1.807) is 18.5 Å². The molecule has 2 heterocycles. The fraction of sp³-hybridized carbons (Fsp3) is 0. The number of aromatic nitrogens is 2. The Hall–Kier alpha value is -1.69. The highest BCUT2D eigenvalue weighted by Gasteiger charge is 2.13. The molecule has 76 valence electrons. The van der Waals surface area contributed by atoms with Crippen LogP contribution in [0.4, 0.5) is 0 Å². The van der Waals surface area contributed by atoms with Crippen molar-refractivity contribution < 1.29 is 14.4 Å². The van der Waals surface area contributed by atoms with Gasteiger partial charge in [-0.25, -0.2) is 4.79 Å². The van der Waals surface area contributed by atoms with E-state index in [2.05, 4.69) is 26.1 Å². The average molecular weight is 269 g/mol. The lowest BCUT2D eigenvalue weighted by Crippen LogP contribution is -1.94. The topological polar surface area (TPSA) is 76.2 Å². The molecule has 0 bridgehead atoms. The molecule has 0 unspecified atom stereocenters. The summed E-state index contributed by atoms with van der Waals surface area (Å²) in [5, 5.41) is 12.1. The Morgan fingerprint density at radius 1 is 1.53 bits per heavy atom. The number of pyridine rings is 1. The largest absolute Gasteiger partial charge is 0.476 e. The van der Waals surface area contributed by atoms with Gasteiger partial charge in [0.05, 0.1) is 0 Å². The molecule has 0 aliphatic rings. The van der Waals surface area contributed by atoms with E-state index in [1.165, 1.54) is 6.07 Å². The maximum atomic E-state index is 10.6. The van der Waals surface area contributed by atoms with Gasteiger partial charge in [-0.1, -0.05) is 5.16 Å².